The summed E-state index contributed by atoms with van der Waals surface area (Å²) >= 11 is 3.12. The predicted octanol–water partition coefficient (Wildman–Crippen LogP) is 2.21. The topological polar surface area (TPSA) is 49.4 Å². The van der Waals surface area contributed by atoms with Crippen molar-refractivity contribution in [3.05, 3.63) is 28.5 Å². The maximum Gasteiger partial charge on any atom is 0.243 e. The number of benzene rings is 1. The third-order valence-corrected chi connectivity index (χ3v) is 5.61. The van der Waals surface area contributed by atoms with E-state index in [4.69, 9.17) is 0 Å². The Hall–Kier alpha value is -0.500. The Morgan fingerprint density at radius 2 is 2.15 bits per heavy atom. The van der Waals surface area contributed by atoms with E-state index in [1.165, 1.54) is 12.1 Å². The normalized spacial score (nSPS) is 24.8. The quantitative estimate of drug-likeness (QED) is 0.894. The summed E-state index contributed by atoms with van der Waals surface area (Å²) in [7, 11) is -1.81. The number of rotatable bonds is 3. The van der Waals surface area contributed by atoms with Crippen molar-refractivity contribution in [1.82, 2.24) is 9.62 Å². The van der Waals surface area contributed by atoms with Gasteiger partial charge in [0.15, 0.2) is 0 Å². The monoisotopic (exact) mass is 364 g/mol. The van der Waals surface area contributed by atoms with Crippen LogP contribution in [0.3, 0.4) is 0 Å². The van der Waals surface area contributed by atoms with Crippen LogP contribution in [0.4, 0.5) is 4.39 Å². The molecule has 112 valence electrons. The van der Waals surface area contributed by atoms with Crippen molar-refractivity contribution in [3.63, 3.8) is 0 Å². The van der Waals surface area contributed by atoms with Crippen LogP contribution in [-0.4, -0.2) is 39.5 Å². The molecule has 1 aromatic rings. The van der Waals surface area contributed by atoms with Crippen LogP contribution in [0.5, 0.6) is 0 Å². The molecule has 1 fully saturated rings. The van der Waals surface area contributed by atoms with Crippen LogP contribution < -0.4 is 4.72 Å². The largest absolute Gasteiger partial charge is 0.306 e. The molecule has 1 saturated heterocycles. The summed E-state index contributed by atoms with van der Waals surface area (Å²) in [4.78, 5) is 1.86. The molecule has 0 saturated carbocycles. The summed E-state index contributed by atoms with van der Waals surface area (Å²) in [5.41, 5.74) is 0. The van der Waals surface area contributed by atoms with Crippen molar-refractivity contribution in [2.75, 3.05) is 20.1 Å². The summed E-state index contributed by atoms with van der Waals surface area (Å²) in [6, 6.07) is 3.81. The lowest BCUT2D eigenvalue weighted by atomic mass is 9.95. The number of nitrogens with zero attached hydrogens (tertiary/aromatic N) is 1. The molecule has 2 rings (SSSR count). The van der Waals surface area contributed by atoms with Crippen molar-refractivity contribution in [2.45, 2.75) is 24.3 Å². The van der Waals surface area contributed by atoms with Crippen molar-refractivity contribution in [2.24, 2.45) is 5.92 Å². The van der Waals surface area contributed by atoms with Gasteiger partial charge in [0, 0.05) is 17.1 Å². The number of likely N-dealkylation sites (tertiary alicyclic amines) is 1. The molecule has 0 radical (unpaired) electrons. The van der Waals surface area contributed by atoms with Gasteiger partial charge in [0.05, 0.1) is 0 Å². The van der Waals surface area contributed by atoms with Gasteiger partial charge in [-0.25, -0.2) is 17.5 Å². The third kappa shape index (κ3) is 3.58. The van der Waals surface area contributed by atoms with E-state index in [0.717, 1.165) is 25.6 Å². The van der Waals surface area contributed by atoms with Crippen molar-refractivity contribution >= 4 is 26.0 Å². The second kappa shape index (κ2) is 6.09. The minimum Gasteiger partial charge on any atom is -0.306 e. The Labute approximate surface area is 127 Å². The summed E-state index contributed by atoms with van der Waals surface area (Å²) < 4.78 is 41.5. The molecule has 7 heteroatoms. The average molecular weight is 365 g/mol. The minimum absolute atomic E-state index is 0.153. The van der Waals surface area contributed by atoms with Gasteiger partial charge in [-0.05, 0) is 44.1 Å². The molecule has 1 aliphatic rings. The van der Waals surface area contributed by atoms with E-state index in [9.17, 15) is 12.8 Å². The highest BCUT2D eigenvalue weighted by Gasteiger charge is 2.29. The second-order valence-electron chi connectivity index (χ2n) is 5.33. The highest BCUT2D eigenvalue weighted by atomic mass is 79.9. The molecule has 0 bridgehead atoms. The Morgan fingerprint density at radius 3 is 2.75 bits per heavy atom. The van der Waals surface area contributed by atoms with Gasteiger partial charge >= 0.3 is 0 Å². The van der Waals surface area contributed by atoms with Gasteiger partial charge in [0.25, 0.3) is 0 Å². The molecule has 1 heterocycles. The molecular weight excluding hydrogens is 347 g/mol. The minimum atomic E-state index is -3.82. The fraction of sp³-hybridized carbons (Fsp3) is 0.538. The number of piperidine rings is 1. The molecule has 1 N–H and O–H groups in total. The molecule has 4 nitrogen and oxygen atoms in total. The van der Waals surface area contributed by atoms with Gasteiger partial charge in [-0.2, -0.15) is 0 Å². The van der Waals surface area contributed by atoms with Crippen LogP contribution in [0, 0.1) is 11.7 Å². The molecule has 0 aliphatic carbocycles. The summed E-state index contributed by atoms with van der Waals surface area (Å²) in [5, 5.41) is 0. The first kappa shape index (κ1) is 15.9. The number of halogens is 2. The lowest BCUT2D eigenvalue weighted by Crippen LogP contribution is -2.48. The number of hydrogen-bond donors (Lipinski definition) is 1. The average Bonchev–Trinajstić information content (AvgIpc) is 2.32. The molecule has 0 aromatic heterocycles. The van der Waals surface area contributed by atoms with Gasteiger partial charge in [-0.15, -0.1) is 0 Å². The zero-order chi connectivity index (χ0) is 14.9. The fourth-order valence-corrected chi connectivity index (χ4v) is 4.26. The predicted molar refractivity (Wildman–Crippen MR) is 79.5 cm³/mol. The highest BCUT2D eigenvalue weighted by molar-refractivity contribution is 9.10. The smallest absolute Gasteiger partial charge is 0.243 e. The van der Waals surface area contributed by atoms with E-state index in [1.807, 2.05) is 14.0 Å². The standard InChI is InChI=1S/C13H18BrFN2O2S/c1-9-8-17(2)6-5-12(9)16-20(18,19)13-4-3-10(14)7-11(13)15/h3-4,7,9,12,16H,5-6,8H2,1-2H3. The fourth-order valence-electron chi connectivity index (χ4n) is 2.49. The lowest BCUT2D eigenvalue weighted by Gasteiger charge is -2.34. The second-order valence-corrected chi connectivity index (χ2v) is 7.93. The first-order valence-corrected chi connectivity index (χ1v) is 8.73. The third-order valence-electron chi connectivity index (χ3n) is 3.60. The maximum absolute atomic E-state index is 13.8. The number of nitrogens with one attached hydrogen (secondary N) is 1. The van der Waals surface area contributed by atoms with Crippen molar-refractivity contribution in [1.29, 1.82) is 0 Å². The van der Waals surface area contributed by atoms with Crippen LogP contribution in [-0.2, 0) is 10.0 Å². The van der Waals surface area contributed by atoms with E-state index >= 15 is 0 Å². The Morgan fingerprint density at radius 1 is 1.45 bits per heavy atom. The van der Waals surface area contributed by atoms with Crippen LogP contribution in [0.2, 0.25) is 0 Å². The first-order chi connectivity index (χ1) is 9.29. The molecule has 2 unspecified atom stereocenters. The molecule has 0 spiro atoms. The van der Waals surface area contributed by atoms with Gasteiger partial charge in [0.1, 0.15) is 10.7 Å². The molecule has 0 amide bonds. The SMILES string of the molecule is CC1CN(C)CCC1NS(=O)(=O)c1ccc(Br)cc1F. The molecular formula is C13H18BrFN2O2S. The Kier molecular flexibility index (Phi) is 4.84. The Bertz CT molecular complexity index is 594. The number of hydrogen-bond acceptors (Lipinski definition) is 3. The van der Waals surface area contributed by atoms with E-state index in [2.05, 4.69) is 25.6 Å². The van der Waals surface area contributed by atoms with Crippen molar-refractivity contribution in [3.8, 4) is 0 Å². The van der Waals surface area contributed by atoms with E-state index in [1.54, 1.807) is 0 Å². The molecule has 20 heavy (non-hydrogen) atoms. The van der Waals surface area contributed by atoms with Crippen LogP contribution in [0.15, 0.2) is 27.6 Å². The molecule has 1 aromatic carbocycles. The van der Waals surface area contributed by atoms with E-state index in [0.29, 0.717) is 4.47 Å². The highest BCUT2D eigenvalue weighted by Crippen LogP contribution is 2.22. The van der Waals surface area contributed by atoms with Crippen LogP contribution >= 0.6 is 15.9 Å². The van der Waals surface area contributed by atoms with Gasteiger partial charge in [-0.3, -0.25) is 0 Å². The van der Waals surface area contributed by atoms with E-state index < -0.39 is 15.8 Å². The summed E-state index contributed by atoms with van der Waals surface area (Å²) in [5.74, 6) is -0.547. The zero-order valence-corrected chi connectivity index (χ0v) is 13.8. The van der Waals surface area contributed by atoms with Crippen LogP contribution in [0.25, 0.3) is 0 Å². The maximum atomic E-state index is 13.8. The Balaban J connectivity index is 2.19. The lowest BCUT2D eigenvalue weighted by molar-refractivity contribution is 0.188. The van der Waals surface area contributed by atoms with Crippen molar-refractivity contribution < 1.29 is 12.8 Å². The zero-order valence-electron chi connectivity index (χ0n) is 11.4. The molecule has 2 atom stereocenters. The first-order valence-electron chi connectivity index (χ1n) is 6.45. The summed E-state index contributed by atoms with van der Waals surface area (Å²) in [6.45, 7) is 3.66. The van der Waals surface area contributed by atoms with Gasteiger partial charge in [-0.1, -0.05) is 22.9 Å². The van der Waals surface area contributed by atoms with E-state index in [-0.39, 0.29) is 16.9 Å². The van der Waals surface area contributed by atoms with Gasteiger partial charge in [0.2, 0.25) is 10.0 Å². The van der Waals surface area contributed by atoms with Gasteiger partial charge < -0.3 is 4.90 Å². The van der Waals surface area contributed by atoms with Crippen LogP contribution in [0.1, 0.15) is 13.3 Å². The number of sulfonamides is 1. The molecule has 1 aliphatic heterocycles. The summed E-state index contributed by atoms with van der Waals surface area (Å²) in [6.07, 6.45) is 0.731.